The van der Waals surface area contributed by atoms with Gasteiger partial charge in [-0.1, -0.05) is 32.1 Å². The van der Waals surface area contributed by atoms with E-state index < -0.39 is 0 Å². The number of hydrogen-bond donors (Lipinski definition) is 0. The van der Waals surface area contributed by atoms with Crippen molar-refractivity contribution < 1.29 is 0 Å². The highest BCUT2D eigenvalue weighted by atomic mass is 79.9. The average Bonchev–Trinajstić information content (AvgIpc) is 2.64. The summed E-state index contributed by atoms with van der Waals surface area (Å²) in [4.78, 5) is 0. The summed E-state index contributed by atoms with van der Waals surface area (Å²) in [7, 11) is 0. The summed E-state index contributed by atoms with van der Waals surface area (Å²) in [5.41, 5.74) is 0.465. The first-order valence-corrected chi connectivity index (χ1v) is 7.56. The van der Waals surface area contributed by atoms with Crippen LogP contribution in [-0.4, -0.2) is 10.2 Å². The number of nitrogens with zero attached hydrogens (tertiary/aromatic N) is 2. The molecule has 0 aromatic carbocycles. The van der Waals surface area contributed by atoms with Crippen LogP contribution >= 0.6 is 27.3 Å². The zero-order chi connectivity index (χ0) is 11.8. The molecule has 2 rings (SSSR count). The van der Waals surface area contributed by atoms with Gasteiger partial charge >= 0.3 is 0 Å². The molecule has 0 aliphatic heterocycles. The lowest BCUT2D eigenvalue weighted by Crippen LogP contribution is -2.25. The molecule has 1 heterocycles. The monoisotopic (exact) mass is 302 g/mol. The Hall–Kier alpha value is 0.0400. The molecule has 90 valence electrons. The zero-order valence-corrected chi connectivity index (χ0v) is 12.6. The molecule has 0 bridgehead atoms. The molecule has 1 aliphatic carbocycles. The predicted molar refractivity (Wildman–Crippen MR) is 71.8 cm³/mol. The Morgan fingerprint density at radius 2 is 1.75 bits per heavy atom. The van der Waals surface area contributed by atoms with Gasteiger partial charge in [0.2, 0.25) is 0 Å². The molecule has 0 saturated heterocycles. The molecule has 0 radical (unpaired) electrons. The summed E-state index contributed by atoms with van der Waals surface area (Å²) >= 11 is 5.08. The number of aromatic nitrogens is 2. The van der Waals surface area contributed by atoms with E-state index in [-0.39, 0.29) is 0 Å². The van der Waals surface area contributed by atoms with E-state index in [1.165, 1.54) is 30.7 Å². The van der Waals surface area contributed by atoms with Crippen molar-refractivity contribution in [2.75, 3.05) is 0 Å². The van der Waals surface area contributed by atoms with Gasteiger partial charge in [0.1, 0.15) is 5.01 Å². The molecule has 1 saturated carbocycles. The molecular formula is C12H19BrN2S. The zero-order valence-electron chi connectivity index (χ0n) is 10.2. The van der Waals surface area contributed by atoms with Crippen LogP contribution in [0.3, 0.4) is 0 Å². The normalized spacial score (nSPS) is 27.0. The highest BCUT2D eigenvalue weighted by Crippen LogP contribution is 2.43. The van der Waals surface area contributed by atoms with E-state index in [2.05, 4.69) is 46.9 Å². The van der Waals surface area contributed by atoms with Gasteiger partial charge in [0, 0.05) is 5.92 Å². The molecule has 2 nitrogen and oxygen atoms in total. The molecular weight excluding hydrogens is 284 g/mol. The maximum Gasteiger partial charge on any atom is 0.183 e. The van der Waals surface area contributed by atoms with Crippen molar-refractivity contribution in [3.05, 3.63) is 8.92 Å². The first-order chi connectivity index (χ1) is 7.47. The van der Waals surface area contributed by atoms with Gasteiger partial charge in [0.05, 0.1) is 0 Å². The summed E-state index contributed by atoms with van der Waals surface area (Å²) in [6, 6.07) is 0. The van der Waals surface area contributed by atoms with Crippen molar-refractivity contribution in [3.8, 4) is 0 Å². The van der Waals surface area contributed by atoms with Crippen LogP contribution in [0.4, 0.5) is 0 Å². The summed E-state index contributed by atoms with van der Waals surface area (Å²) in [6.07, 6.45) is 5.24. The van der Waals surface area contributed by atoms with Gasteiger partial charge in [0.25, 0.3) is 0 Å². The van der Waals surface area contributed by atoms with Crippen LogP contribution in [0.5, 0.6) is 0 Å². The van der Waals surface area contributed by atoms with E-state index in [0.29, 0.717) is 11.3 Å². The second kappa shape index (κ2) is 4.73. The third kappa shape index (κ3) is 2.83. The van der Waals surface area contributed by atoms with Crippen LogP contribution in [-0.2, 0) is 0 Å². The molecule has 1 aromatic heterocycles. The Bertz CT molecular complexity index is 348. The van der Waals surface area contributed by atoms with Crippen LogP contribution < -0.4 is 0 Å². The maximum atomic E-state index is 4.25. The average molecular weight is 303 g/mol. The molecule has 1 fully saturated rings. The lowest BCUT2D eigenvalue weighted by molar-refractivity contribution is 0.169. The van der Waals surface area contributed by atoms with E-state index in [1.54, 1.807) is 11.3 Å². The minimum atomic E-state index is 0.465. The van der Waals surface area contributed by atoms with Crippen LogP contribution in [0.15, 0.2) is 3.92 Å². The molecule has 0 atom stereocenters. The fourth-order valence-electron chi connectivity index (χ4n) is 2.59. The lowest BCUT2D eigenvalue weighted by atomic mass is 9.70. The van der Waals surface area contributed by atoms with E-state index in [9.17, 15) is 0 Å². The standard InChI is InChI=1S/C12H19BrN2S/c1-12(2,3)9-6-4-8(5-7-9)10-14-15-11(13)16-10/h8-9H,4-7H2,1-3H3. The topological polar surface area (TPSA) is 25.8 Å². The van der Waals surface area contributed by atoms with Crippen molar-refractivity contribution in [1.29, 1.82) is 0 Å². The highest BCUT2D eigenvalue weighted by Gasteiger charge is 2.31. The van der Waals surface area contributed by atoms with Crippen LogP contribution in [0.2, 0.25) is 0 Å². The second-order valence-corrected chi connectivity index (χ2v) is 8.09. The third-order valence-electron chi connectivity index (χ3n) is 3.72. The first kappa shape index (κ1) is 12.5. The van der Waals surface area contributed by atoms with Crippen molar-refractivity contribution in [1.82, 2.24) is 10.2 Å². The van der Waals surface area contributed by atoms with E-state index in [1.807, 2.05) is 0 Å². The molecule has 16 heavy (non-hydrogen) atoms. The minimum absolute atomic E-state index is 0.465. The van der Waals surface area contributed by atoms with E-state index in [4.69, 9.17) is 0 Å². The Labute approximate surface area is 110 Å². The van der Waals surface area contributed by atoms with Gasteiger partial charge in [-0.3, -0.25) is 0 Å². The Balaban J connectivity index is 1.95. The summed E-state index contributed by atoms with van der Waals surface area (Å²) in [6.45, 7) is 7.08. The second-order valence-electron chi connectivity index (χ2n) is 5.81. The number of rotatable bonds is 1. The fourth-order valence-corrected chi connectivity index (χ4v) is 3.90. The maximum absolute atomic E-state index is 4.25. The van der Waals surface area contributed by atoms with Crippen LogP contribution in [0.1, 0.15) is 57.4 Å². The lowest BCUT2D eigenvalue weighted by Gasteiger charge is -2.36. The predicted octanol–water partition coefficient (Wildman–Crippen LogP) is 4.62. The molecule has 1 aromatic rings. The molecule has 0 N–H and O–H groups in total. The van der Waals surface area contributed by atoms with Gasteiger partial charge in [-0.05, 0) is 52.9 Å². The smallest absolute Gasteiger partial charge is 0.142 e. The van der Waals surface area contributed by atoms with E-state index in [0.717, 1.165) is 9.83 Å². The van der Waals surface area contributed by atoms with Gasteiger partial charge < -0.3 is 0 Å². The van der Waals surface area contributed by atoms with Gasteiger partial charge in [-0.25, -0.2) is 0 Å². The Kier molecular flexibility index (Phi) is 3.69. The van der Waals surface area contributed by atoms with E-state index >= 15 is 0 Å². The summed E-state index contributed by atoms with van der Waals surface area (Å²) < 4.78 is 0.917. The van der Waals surface area contributed by atoms with Gasteiger partial charge in [0.15, 0.2) is 3.92 Å². The minimum Gasteiger partial charge on any atom is -0.142 e. The SMILES string of the molecule is CC(C)(C)C1CCC(c2nnc(Br)s2)CC1. The largest absolute Gasteiger partial charge is 0.183 e. The van der Waals surface area contributed by atoms with Crippen LogP contribution in [0, 0.1) is 11.3 Å². The molecule has 0 amide bonds. The molecule has 0 unspecified atom stereocenters. The van der Waals surface area contributed by atoms with Crippen molar-refractivity contribution in [2.45, 2.75) is 52.4 Å². The molecule has 1 aliphatic rings. The Morgan fingerprint density at radius 1 is 1.12 bits per heavy atom. The van der Waals surface area contributed by atoms with Gasteiger partial charge in [-0.2, -0.15) is 0 Å². The van der Waals surface area contributed by atoms with Crippen molar-refractivity contribution in [2.24, 2.45) is 11.3 Å². The number of halogens is 1. The van der Waals surface area contributed by atoms with Gasteiger partial charge in [-0.15, -0.1) is 10.2 Å². The molecule has 4 heteroatoms. The Morgan fingerprint density at radius 3 is 2.19 bits per heavy atom. The van der Waals surface area contributed by atoms with Crippen LogP contribution in [0.25, 0.3) is 0 Å². The summed E-state index contributed by atoms with van der Waals surface area (Å²) in [5, 5.41) is 9.51. The number of hydrogen-bond acceptors (Lipinski definition) is 3. The highest BCUT2D eigenvalue weighted by molar-refractivity contribution is 9.11. The van der Waals surface area contributed by atoms with Crippen molar-refractivity contribution in [3.63, 3.8) is 0 Å². The first-order valence-electron chi connectivity index (χ1n) is 5.95. The molecule has 0 spiro atoms. The third-order valence-corrected chi connectivity index (χ3v) is 5.24. The van der Waals surface area contributed by atoms with Crippen molar-refractivity contribution >= 4 is 27.3 Å². The summed E-state index contributed by atoms with van der Waals surface area (Å²) in [5.74, 6) is 1.53. The quantitative estimate of drug-likeness (QED) is 0.756. The fraction of sp³-hybridized carbons (Fsp3) is 0.833.